The van der Waals surface area contributed by atoms with Gasteiger partial charge in [0.05, 0.1) is 25.2 Å². The molecule has 0 fully saturated rings. The molecule has 3 atom stereocenters. The lowest BCUT2D eigenvalue weighted by atomic mass is 10.0. The molecule has 0 radical (unpaired) electrons. The number of hydrogen-bond donors (Lipinski definition) is 3. The second kappa shape index (κ2) is 41.5. The molecule has 0 bridgehead atoms. The Kier molecular flexibility index (Phi) is 39.4. The lowest BCUT2D eigenvalue weighted by Gasteiger charge is -2.24. The third-order valence-corrected chi connectivity index (χ3v) is 9.65. The third-order valence-electron chi connectivity index (χ3n) is 9.65. The number of aliphatic hydroxyl groups excluding tert-OH is 2. The molecular formula is C48H83NO5. The smallest absolute Gasteiger partial charge is 0.306 e. The van der Waals surface area contributed by atoms with Gasteiger partial charge in [0.15, 0.2) is 0 Å². The Morgan fingerprint density at radius 2 is 1.06 bits per heavy atom. The van der Waals surface area contributed by atoms with Crippen molar-refractivity contribution >= 4 is 11.9 Å². The maximum atomic E-state index is 13.1. The molecule has 0 aromatic heterocycles. The van der Waals surface area contributed by atoms with E-state index in [0.29, 0.717) is 19.3 Å². The van der Waals surface area contributed by atoms with Crippen molar-refractivity contribution in [2.75, 3.05) is 6.61 Å². The van der Waals surface area contributed by atoms with Gasteiger partial charge in [0, 0.05) is 12.8 Å². The number of carbonyl (C=O) groups excluding carboxylic acids is 2. The molecule has 0 heterocycles. The quantitative estimate of drug-likeness (QED) is 0.0252. The molecule has 0 saturated carbocycles. The standard InChI is InChI=1S/C48H83NO5/c1-4-7-10-13-16-19-22-23-26-28-31-34-37-40-46(51)45(43-50)49-47(52)42-44(39-36-33-30-27-24-20-17-14-11-8-5-2)54-48(53)41-38-35-32-29-25-21-18-15-12-9-6-3/h8,11,14-15,17-18,20,24,27,30,33,36,44-46,50-51H,4-7,9-10,12-13,16,19,21-23,25-26,28-29,31-32,34-35,37-43H2,1-3H3,(H,49,52)/b11-8+,17-14+,18-15-,24-20-,30-27-,36-33+. The van der Waals surface area contributed by atoms with Crippen molar-refractivity contribution in [1.82, 2.24) is 5.32 Å². The van der Waals surface area contributed by atoms with Crippen LogP contribution in [-0.2, 0) is 14.3 Å². The Labute approximate surface area is 332 Å². The number of amides is 1. The first-order valence-corrected chi connectivity index (χ1v) is 22.2. The van der Waals surface area contributed by atoms with Crippen LogP contribution in [0.3, 0.4) is 0 Å². The minimum absolute atomic E-state index is 0.0243. The van der Waals surface area contributed by atoms with Gasteiger partial charge in [-0.3, -0.25) is 9.59 Å². The zero-order valence-corrected chi connectivity index (χ0v) is 35.1. The van der Waals surface area contributed by atoms with E-state index >= 15 is 0 Å². The van der Waals surface area contributed by atoms with Crippen LogP contribution in [0.5, 0.6) is 0 Å². The van der Waals surface area contributed by atoms with Crippen LogP contribution in [0.25, 0.3) is 0 Å². The van der Waals surface area contributed by atoms with Crippen molar-refractivity contribution in [3.05, 3.63) is 72.9 Å². The van der Waals surface area contributed by atoms with Gasteiger partial charge in [0.25, 0.3) is 0 Å². The lowest BCUT2D eigenvalue weighted by Crippen LogP contribution is -2.46. The maximum Gasteiger partial charge on any atom is 0.306 e. The lowest BCUT2D eigenvalue weighted by molar-refractivity contribution is -0.150. The summed E-state index contributed by atoms with van der Waals surface area (Å²) in [5.74, 6) is -0.626. The minimum atomic E-state index is -0.819. The number of hydrogen-bond acceptors (Lipinski definition) is 5. The predicted molar refractivity (Wildman–Crippen MR) is 231 cm³/mol. The van der Waals surface area contributed by atoms with Crippen molar-refractivity contribution in [2.45, 2.75) is 212 Å². The number of rotatable bonds is 38. The van der Waals surface area contributed by atoms with Gasteiger partial charge in [0.2, 0.25) is 5.91 Å². The van der Waals surface area contributed by atoms with Crippen LogP contribution in [0.1, 0.15) is 194 Å². The molecular weight excluding hydrogens is 671 g/mol. The van der Waals surface area contributed by atoms with Gasteiger partial charge in [-0.1, -0.05) is 209 Å². The van der Waals surface area contributed by atoms with E-state index in [-0.39, 0.29) is 24.9 Å². The first kappa shape index (κ1) is 51.3. The second-order valence-corrected chi connectivity index (χ2v) is 14.8. The molecule has 6 nitrogen and oxygen atoms in total. The molecule has 3 N–H and O–H groups in total. The Morgan fingerprint density at radius 1 is 0.574 bits per heavy atom. The molecule has 6 heteroatoms. The number of ether oxygens (including phenoxy) is 1. The Balaban J connectivity index is 4.73. The van der Waals surface area contributed by atoms with Crippen LogP contribution in [-0.4, -0.2) is 46.9 Å². The third kappa shape index (κ3) is 36.3. The molecule has 3 unspecified atom stereocenters. The van der Waals surface area contributed by atoms with Crippen LogP contribution in [0.2, 0.25) is 0 Å². The monoisotopic (exact) mass is 754 g/mol. The first-order valence-electron chi connectivity index (χ1n) is 22.2. The van der Waals surface area contributed by atoms with E-state index in [1.165, 1.54) is 89.9 Å². The molecule has 310 valence electrons. The zero-order valence-electron chi connectivity index (χ0n) is 35.1. The number of esters is 1. The molecule has 0 rings (SSSR count). The highest BCUT2D eigenvalue weighted by atomic mass is 16.5. The number of nitrogens with one attached hydrogen (secondary N) is 1. The van der Waals surface area contributed by atoms with Crippen LogP contribution < -0.4 is 5.32 Å². The highest BCUT2D eigenvalue weighted by molar-refractivity contribution is 5.77. The zero-order chi connectivity index (χ0) is 39.6. The topological polar surface area (TPSA) is 95.9 Å². The van der Waals surface area contributed by atoms with E-state index in [1.807, 2.05) is 54.7 Å². The summed E-state index contributed by atoms with van der Waals surface area (Å²) >= 11 is 0. The van der Waals surface area contributed by atoms with Crippen molar-refractivity contribution in [3.8, 4) is 0 Å². The van der Waals surface area contributed by atoms with Gasteiger partial charge in [-0.2, -0.15) is 0 Å². The summed E-state index contributed by atoms with van der Waals surface area (Å²) in [5.41, 5.74) is 0. The van der Waals surface area contributed by atoms with Gasteiger partial charge < -0.3 is 20.3 Å². The molecule has 0 aliphatic rings. The highest BCUT2D eigenvalue weighted by Gasteiger charge is 2.23. The summed E-state index contributed by atoms with van der Waals surface area (Å²) < 4.78 is 5.79. The van der Waals surface area contributed by atoms with E-state index in [9.17, 15) is 19.8 Å². The van der Waals surface area contributed by atoms with Crippen LogP contribution in [0.4, 0.5) is 0 Å². The van der Waals surface area contributed by atoms with Gasteiger partial charge >= 0.3 is 5.97 Å². The summed E-state index contributed by atoms with van der Waals surface area (Å²) in [6.07, 6.45) is 51.3. The average Bonchev–Trinajstić information content (AvgIpc) is 3.16. The van der Waals surface area contributed by atoms with E-state index in [4.69, 9.17) is 4.74 Å². The van der Waals surface area contributed by atoms with E-state index in [1.54, 1.807) is 0 Å². The minimum Gasteiger partial charge on any atom is -0.461 e. The molecule has 0 aliphatic heterocycles. The molecule has 54 heavy (non-hydrogen) atoms. The van der Waals surface area contributed by atoms with Crippen molar-refractivity contribution in [3.63, 3.8) is 0 Å². The van der Waals surface area contributed by atoms with Crippen molar-refractivity contribution < 1.29 is 24.5 Å². The van der Waals surface area contributed by atoms with Gasteiger partial charge in [-0.05, 0) is 38.5 Å². The maximum absolute atomic E-state index is 13.1. The summed E-state index contributed by atoms with van der Waals surface area (Å²) in [5, 5.41) is 23.6. The van der Waals surface area contributed by atoms with Crippen LogP contribution in [0.15, 0.2) is 72.9 Å². The predicted octanol–water partition coefficient (Wildman–Crippen LogP) is 12.7. The van der Waals surface area contributed by atoms with Crippen molar-refractivity contribution in [1.29, 1.82) is 0 Å². The largest absolute Gasteiger partial charge is 0.461 e. The fourth-order valence-corrected chi connectivity index (χ4v) is 6.25. The molecule has 0 aromatic rings. The number of unbranched alkanes of at least 4 members (excludes halogenated alkanes) is 19. The highest BCUT2D eigenvalue weighted by Crippen LogP contribution is 2.16. The molecule has 0 spiro atoms. The molecule has 0 aliphatic carbocycles. The average molecular weight is 754 g/mol. The van der Waals surface area contributed by atoms with Gasteiger partial charge in [0.1, 0.15) is 6.10 Å². The summed E-state index contributed by atoms with van der Waals surface area (Å²) in [4.78, 5) is 25.9. The van der Waals surface area contributed by atoms with E-state index < -0.39 is 18.2 Å². The van der Waals surface area contributed by atoms with Crippen LogP contribution >= 0.6 is 0 Å². The fourth-order valence-electron chi connectivity index (χ4n) is 6.25. The molecule has 0 saturated heterocycles. The van der Waals surface area contributed by atoms with Crippen LogP contribution in [0, 0.1) is 0 Å². The SMILES string of the molecule is CC/C=C/C=C/C=C\C=C/C=C/CC(CC(=O)NC(CO)C(O)CCCCCCCCCCCCCCC)OC(=O)CCCCCCC/C=C\CCCC. The van der Waals surface area contributed by atoms with Gasteiger partial charge in [-0.25, -0.2) is 0 Å². The summed E-state index contributed by atoms with van der Waals surface area (Å²) in [6.45, 7) is 6.23. The summed E-state index contributed by atoms with van der Waals surface area (Å²) in [6, 6.07) is -0.741. The molecule has 0 aromatic carbocycles. The van der Waals surface area contributed by atoms with Gasteiger partial charge in [-0.15, -0.1) is 0 Å². The Bertz CT molecular complexity index is 1030. The molecule has 1 amide bonds. The van der Waals surface area contributed by atoms with E-state index in [0.717, 1.165) is 57.8 Å². The van der Waals surface area contributed by atoms with Crippen molar-refractivity contribution in [2.24, 2.45) is 0 Å². The summed E-state index contributed by atoms with van der Waals surface area (Å²) in [7, 11) is 0. The fraction of sp³-hybridized carbons (Fsp3) is 0.708. The normalized spacial score (nSPS) is 14.1. The number of carbonyl (C=O) groups is 2. The second-order valence-electron chi connectivity index (χ2n) is 14.8. The first-order chi connectivity index (χ1) is 26.5. The Hall–Kier alpha value is -2.70. The Morgan fingerprint density at radius 3 is 1.61 bits per heavy atom. The van der Waals surface area contributed by atoms with E-state index in [2.05, 4.69) is 44.3 Å². The number of allylic oxidation sites excluding steroid dienone is 11. The number of aliphatic hydroxyl groups is 2.